The summed E-state index contributed by atoms with van der Waals surface area (Å²) in [4.78, 5) is 10.8. The summed E-state index contributed by atoms with van der Waals surface area (Å²) in [7, 11) is 1.66. The number of hydrogen-bond acceptors (Lipinski definition) is 2. The molecule has 0 saturated carbocycles. The summed E-state index contributed by atoms with van der Waals surface area (Å²) in [5, 5.41) is 2.79. The second kappa shape index (κ2) is 4.82. The number of aryl methyl sites for hydroxylation is 2. The van der Waals surface area contributed by atoms with E-state index in [1.807, 2.05) is 26.0 Å². The van der Waals surface area contributed by atoms with Crippen LogP contribution in [0.3, 0.4) is 0 Å². The largest absolute Gasteiger partial charge is 0.496 e. The number of carbonyl (C=O) groups excluding carboxylic acids is 1. The molecule has 3 nitrogen and oxygen atoms in total. The summed E-state index contributed by atoms with van der Waals surface area (Å²) in [6, 6.07) is 4.04. The molecular weight excluding hydrogens is 190 g/mol. The fourth-order valence-electron chi connectivity index (χ4n) is 1.48. The van der Waals surface area contributed by atoms with E-state index in [1.54, 1.807) is 7.11 Å². The highest BCUT2D eigenvalue weighted by Gasteiger charge is 2.04. The molecule has 0 heterocycles. The monoisotopic (exact) mass is 207 g/mol. The van der Waals surface area contributed by atoms with Crippen molar-refractivity contribution >= 4 is 5.91 Å². The molecule has 0 radical (unpaired) electrons. The maximum atomic E-state index is 10.8. The van der Waals surface area contributed by atoms with Crippen molar-refractivity contribution in [2.45, 2.75) is 27.3 Å². The second-order valence-corrected chi connectivity index (χ2v) is 3.66. The zero-order chi connectivity index (χ0) is 11.4. The summed E-state index contributed by atoms with van der Waals surface area (Å²) in [5.74, 6) is 0.877. The van der Waals surface area contributed by atoms with E-state index in [4.69, 9.17) is 4.74 Å². The molecule has 0 aliphatic carbocycles. The van der Waals surface area contributed by atoms with E-state index < -0.39 is 0 Å². The molecule has 0 fully saturated rings. The van der Waals surface area contributed by atoms with E-state index in [0.717, 1.165) is 22.4 Å². The maximum absolute atomic E-state index is 10.8. The molecule has 0 aliphatic rings. The first-order chi connectivity index (χ1) is 7.04. The van der Waals surface area contributed by atoms with E-state index in [-0.39, 0.29) is 5.91 Å². The smallest absolute Gasteiger partial charge is 0.217 e. The van der Waals surface area contributed by atoms with Crippen LogP contribution in [0.4, 0.5) is 0 Å². The first kappa shape index (κ1) is 11.6. The van der Waals surface area contributed by atoms with Crippen LogP contribution < -0.4 is 10.1 Å². The quantitative estimate of drug-likeness (QED) is 0.822. The zero-order valence-corrected chi connectivity index (χ0v) is 9.68. The number of ether oxygens (including phenoxy) is 1. The van der Waals surface area contributed by atoms with Gasteiger partial charge in [0.15, 0.2) is 0 Å². The summed E-state index contributed by atoms with van der Waals surface area (Å²) in [6.07, 6.45) is 0. The van der Waals surface area contributed by atoms with Crippen LogP contribution in [-0.2, 0) is 11.3 Å². The molecule has 1 rings (SSSR count). The van der Waals surface area contributed by atoms with Crippen molar-refractivity contribution < 1.29 is 9.53 Å². The number of carbonyl (C=O) groups is 1. The van der Waals surface area contributed by atoms with Crippen molar-refractivity contribution in [1.29, 1.82) is 0 Å². The average Bonchev–Trinajstić information content (AvgIpc) is 2.18. The fourth-order valence-corrected chi connectivity index (χ4v) is 1.48. The molecule has 1 amide bonds. The zero-order valence-electron chi connectivity index (χ0n) is 9.68. The predicted molar refractivity (Wildman–Crippen MR) is 60.0 cm³/mol. The van der Waals surface area contributed by atoms with Crippen LogP contribution in [0.15, 0.2) is 12.1 Å². The topological polar surface area (TPSA) is 38.3 Å². The molecule has 0 aromatic heterocycles. The Bertz CT molecular complexity index is 372. The van der Waals surface area contributed by atoms with Crippen molar-refractivity contribution in [3.05, 3.63) is 28.8 Å². The van der Waals surface area contributed by atoms with E-state index in [1.165, 1.54) is 6.92 Å². The minimum absolute atomic E-state index is 0.0112. The van der Waals surface area contributed by atoms with Gasteiger partial charge in [0.25, 0.3) is 0 Å². The normalized spacial score (nSPS) is 9.87. The van der Waals surface area contributed by atoms with Gasteiger partial charge in [0.05, 0.1) is 7.11 Å². The molecule has 3 heteroatoms. The van der Waals surface area contributed by atoms with Crippen LogP contribution in [0.5, 0.6) is 5.75 Å². The summed E-state index contributed by atoms with van der Waals surface area (Å²) >= 11 is 0. The minimum Gasteiger partial charge on any atom is -0.496 e. The van der Waals surface area contributed by atoms with Gasteiger partial charge in [-0.1, -0.05) is 6.07 Å². The molecule has 0 bridgehead atoms. The van der Waals surface area contributed by atoms with E-state index in [0.29, 0.717) is 6.54 Å². The number of nitrogens with one attached hydrogen (secondary N) is 1. The molecule has 1 aromatic carbocycles. The molecule has 1 N–H and O–H groups in total. The van der Waals surface area contributed by atoms with Gasteiger partial charge in [0, 0.05) is 13.5 Å². The standard InChI is InChI=1S/C12H17NO2/c1-8-6-12(15-4)9(2)5-11(8)7-13-10(3)14/h5-6H,7H2,1-4H3,(H,13,14). The van der Waals surface area contributed by atoms with Gasteiger partial charge in [-0.2, -0.15) is 0 Å². The Balaban J connectivity index is 2.90. The van der Waals surface area contributed by atoms with Gasteiger partial charge < -0.3 is 10.1 Å². The van der Waals surface area contributed by atoms with E-state index in [2.05, 4.69) is 5.32 Å². The molecular formula is C12H17NO2. The lowest BCUT2D eigenvalue weighted by atomic mass is 10.0. The Hall–Kier alpha value is -1.51. The third-order valence-electron chi connectivity index (χ3n) is 2.38. The molecule has 0 aliphatic heterocycles. The third-order valence-corrected chi connectivity index (χ3v) is 2.38. The van der Waals surface area contributed by atoms with Crippen LogP contribution in [0.1, 0.15) is 23.6 Å². The second-order valence-electron chi connectivity index (χ2n) is 3.66. The summed E-state index contributed by atoms with van der Waals surface area (Å²) in [6.45, 7) is 6.10. The summed E-state index contributed by atoms with van der Waals surface area (Å²) < 4.78 is 5.22. The Morgan fingerprint density at radius 3 is 2.53 bits per heavy atom. The predicted octanol–water partition coefficient (Wildman–Crippen LogP) is 1.95. The molecule has 82 valence electrons. The molecule has 0 saturated heterocycles. The van der Waals surface area contributed by atoms with Crippen molar-refractivity contribution in [3.63, 3.8) is 0 Å². The van der Waals surface area contributed by atoms with Gasteiger partial charge in [-0.3, -0.25) is 4.79 Å². The minimum atomic E-state index is -0.0112. The van der Waals surface area contributed by atoms with Gasteiger partial charge >= 0.3 is 0 Å². The Kier molecular flexibility index (Phi) is 3.72. The Labute approximate surface area is 90.4 Å². The van der Waals surface area contributed by atoms with Crippen LogP contribution in [0.2, 0.25) is 0 Å². The number of rotatable bonds is 3. The van der Waals surface area contributed by atoms with Gasteiger partial charge in [0.1, 0.15) is 5.75 Å². The van der Waals surface area contributed by atoms with Gasteiger partial charge in [0.2, 0.25) is 5.91 Å². The van der Waals surface area contributed by atoms with Crippen molar-refractivity contribution in [1.82, 2.24) is 5.32 Å². The van der Waals surface area contributed by atoms with E-state index in [9.17, 15) is 4.79 Å². The molecule has 0 unspecified atom stereocenters. The number of methoxy groups -OCH3 is 1. The number of amides is 1. The van der Waals surface area contributed by atoms with Crippen molar-refractivity contribution in [2.75, 3.05) is 7.11 Å². The Morgan fingerprint density at radius 2 is 2.00 bits per heavy atom. The highest BCUT2D eigenvalue weighted by Crippen LogP contribution is 2.22. The van der Waals surface area contributed by atoms with Crippen LogP contribution in [-0.4, -0.2) is 13.0 Å². The molecule has 0 spiro atoms. The number of benzene rings is 1. The summed E-state index contributed by atoms with van der Waals surface area (Å²) in [5.41, 5.74) is 3.35. The molecule has 1 aromatic rings. The van der Waals surface area contributed by atoms with Crippen molar-refractivity contribution in [3.8, 4) is 5.75 Å². The lowest BCUT2D eigenvalue weighted by Crippen LogP contribution is -2.19. The van der Waals surface area contributed by atoms with E-state index >= 15 is 0 Å². The van der Waals surface area contributed by atoms with Crippen molar-refractivity contribution in [2.24, 2.45) is 0 Å². The first-order valence-electron chi connectivity index (χ1n) is 4.93. The highest BCUT2D eigenvalue weighted by molar-refractivity contribution is 5.72. The van der Waals surface area contributed by atoms with Gasteiger partial charge in [-0.05, 0) is 36.6 Å². The first-order valence-corrected chi connectivity index (χ1v) is 4.93. The fraction of sp³-hybridized carbons (Fsp3) is 0.417. The van der Waals surface area contributed by atoms with Gasteiger partial charge in [-0.15, -0.1) is 0 Å². The van der Waals surface area contributed by atoms with Gasteiger partial charge in [-0.25, -0.2) is 0 Å². The SMILES string of the molecule is COc1cc(C)c(CNC(C)=O)cc1C. The molecule has 15 heavy (non-hydrogen) atoms. The lowest BCUT2D eigenvalue weighted by Gasteiger charge is -2.11. The third kappa shape index (κ3) is 2.98. The lowest BCUT2D eigenvalue weighted by molar-refractivity contribution is -0.119. The highest BCUT2D eigenvalue weighted by atomic mass is 16.5. The van der Waals surface area contributed by atoms with Crippen LogP contribution in [0, 0.1) is 13.8 Å². The molecule has 0 atom stereocenters. The van der Waals surface area contributed by atoms with Crippen LogP contribution in [0.25, 0.3) is 0 Å². The Morgan fingerprint density at radius 1 is 1.33 bits per heavy atom. The average molecular weight is 207 g/mol. The number of hydrogen-bond donors (Lipinski definition) is 1. The maximum Gasteiger partial charge on any atom is 0.217 e. The van der Waals surface area contributed by atoms with Crippen LogP contribution >= 0.6 is 0 Å².